The molecule has 0 aliphatic carbocycles. The molecule has 260 valence electrons. The maximum atomic E-state index is 11.6. The Morgan fingerprint density at radius 2 is 1.64 bits per heavy atom. The van der Waals surface area contributed by atoms with E-state index < -0.39 is 65.5 Å². The number of carboxylic acid groups (broad SMARTS) is 1. The molecule has 5 heterocycles. The Morgan fingerprint density at radius 3 is 2.29 bits per heavy atom. The highest BCUT2D eigenvalue weighted by molar-refractivity contribution is 5.70. The van der Waals surface area contributed by atoms with E-state index in [4.69, 9.17) is 23.7 Å². The van der Waals surface area contributed by atoms with Crippen molar-refractivity contribution in [1.29, 1.82) is 0 Å². The Bertz CT molecular complexity index is 1070. The quantitative estimate of drug-likeness (QED) is 0.264. The second kappa shape index (κ2) is 12.5. The maximum absolute atomic E-state index is 11.6. The van der Waals surface area contributed by atoms with Crippen LogP contribution in [-0.4, -0.2) is 104 Å². The fourth-order valence-corrected chi connectivity index (χ4v) is 9.23. The summed E-state index contributed by atoms with van der Waals surface area (Å²) in [7, 11) is 0. The summed E-state index contributed by atoms with van der Waals surface area (Å²) in [4.78, 5) is 11.6. The molecule has 17 atom stereocenters. The summed E-state index contributed by atoms with van der Waals surface area (Å²) in [5.41, 5.74) is -1.23. The van der Waals surface area contributed by atoms with Crippen molar-refractivity contribution in [2.24, 2.45) is 35.5 Å². The highest BCUT2D eigenvalue weighted by Gasteiger charge is 2.61. The molecule has 17 unspecified atom stereocenters. The van der Waals surface area contributed by atoms with Crippen LogP contribution in [0.25, 0.3) is 0 Å². The fourth-order valence-electron chi connectivity index (χ4n) is 9.23. The van der Waals surface area contributed by atoms with Crippen LogP contribution in [0.4, 0.5) is 0 Å². The molecule has 0 aromatic carbocycles. The van der Waals surface area contributed by atoms with Crippen molar-refractivity contribution in [3.63, 3.8) is 0 Å². The van der Waals surface area contributed by atoms with Gasteiger partial charge in [0, 0.05) is 30.6 Å². The summed E-state index contributed by atoms with van der Waals surface area (Å²) in [6, 6.07) is 0. The van der Waals surface area contributed by atoms with Gasteiger partial charge in [0.15, 0.2) is 11.6 Å². The second-order valence-corrected chi connectivity index (χ2v) is 16.0. The first-order chi connectivity index (χ1) is 20.9. The number of aliphatic hydroxyl groups excluding tert-OH is 3. The molecule has 5 aliphatic heterocycles. The van der Waals surface area contributed by atoms with Crippen LogP contribution in [0, 0.1) is 35.5 Å². The Labute approximate surface area is 267 Å². The minimum atomic E-state index is -1.57. The van der Waals surface area contributed by atoms with Crippen LogP contribution in [0.5, 0.6) is 0 Å². The van der Waals surface area contributed by atoms with Crippen LogP contribution in [0.3, 0.4) is 0 Å². The Morgan fingerprint density at radius 1 is 0.956 bits per heavy atom. The topological polar surface area (TPSA) is 164 Å². The Kier molecular flexibility index (Phi) is 9.86. The predicted molar refractivity (Wildman–Crippen MR) is 163 cm³/mol. The molecule has 0 aromatic rings. The van der Waals surface area contributed by atoms with Crippen molar-refractivity contribution < 1.29 is 54.0 Å². The zero-order valence-electron chi connectivity index (χ0n) is 28.3. The van der Waals surface area contributed by atoms with Gasteiger partial charge in [-0.05, 0) is 64.7 Å². The summed E-state index contributed by atoms with van der Waals surface area (Å²) in [5, 5.41) is 52.2. The average molecular weight is 643 g/mol. The third kappa shape index (κ3) is 6.35. The van der Waals surface area contributed by atoms with Crippen molar-refractivity contribution in [3.8, 4) is 0 Å². The number of aliphatic hydroxyl groups is 4. The van der Waals surface area contributed by atoms with E-state index in [1.54, 1.807) is 6.92 Å². The average Bonchev–Trinajstić information content (AvgIpc) is 3.67. The van der Waals surface area contributed by atoms with Crippen LogP contribution < -0.4 is 0 Å². The molecule has 11 nitrogen and oxygen atoms in total. The van der Waals surface area contributed by atoms with E-state index >= 15 is 0 Å². The van der Waals surface area contributed by atoms with Crippen LogP contribution in [0.1, 0.15) is 100 Å². The van der Waals surface area contributed by atoms with Gasteiger partial charge in [0.2, 0.25) is 0 Å². The molecule has 5 fully saturated rings. The third-order valence-electron chi connectivity index (χ3n) is 12.4. The first-order valence-electron chi connectivity index (χ1n) is 17.2. The van der Waals surface area contributed by atoms with Gasteiger partial charge in [-0.25, -0.2) is 0 Å². The standard InChI is InChI=1S/C34H58O11/c1-17-13-19(3)34(40,16-35)44-27(17)24-14-18(2)29(41-24)32(8)10-9-25(42-32)31(7)11-12-33(45-31)15-23(36)20(4)28(43-33)21(5)26(37)22(6)30(38)39/h17-29,35-37,40H,9-16H2,1-8H3,(H,38,39). The first-order valence-corrected chi connectivity index (χ1v) is 17.2. The lowest BCUT2D eigenvalue weighted by Crippen LogP contribution is -2.56. The zero-order chi connectivity index (χ0) is 33.3. The SMILES string of the molecule is CC1CC(C)C(O)(CO)OC1C1CC(C)C(C2(C)CCC(C3(C)CCC4(CC(O)C(C)C(C(C)C(O)C(C)C(=O)O)O4)O3)O2)O1. The molecule has 5 saturated heterocycles. The van der Waals surface area contributed by atoms with Gasteiger partial charge in [0.25, 0.3) is 0 Å². The summed E-state index contributed by atoms with van der Waals surface area (Å²) >= 11 is 0. The molecule has 45 heavy (non-hydrogen) atoms. The van der Waals surface area contributed by atoms with Gasteiger partial charge < -0.3 is 49.2 Å². The highest BCUT2D eigenvalue weighted by atomic mass is 16.7. The van der Waals surface area contributed by atoms with Crippen molar-refractivity contribution in [3.05, 3.63) is 0 Å². The minimum absolute atomic E-state index is 0.170. The van der Waals surface area contributed by atoms with Gasteiger partial charge in [0.05, 0.1) is 66.5 Å². The van der Waals surface area contributed by atoms with Crippen LogP contribution in [0.2, 0.25) is 0 Å². The predicted octanol–water partition coefficient (Wildman–Crippen LogP) is 3.23. The molecule has 5 rings (SSSR count). The molecule has 0 bridgehead atoms. The van der Waals surface area contributed by atoms with Gasteiger partial charge in [-0.3, -0.25) is 4.79 Å². The van der Waals surface area contributed by atoms with E-state index in [-0.39, 0.29) is 48.1 Å². The molecule has 0 aromatic heterocycles. The van der Waals surface area contributed by atoms with Crippen LogP contribution in [-0.2, 0) is 28.5 Å². The van der Waals surface area contributed by atoms with Crippen molar-refractivity contribution in [2.45, 2.75) is 166 Å². The first kappa shape index (κ1) is 35.4. The van der Waals surface area contributed by atoms with Gasteiger partial charge in [-0.15, -0.1) is 0 Å². The van der Waals surface area contributed by atoms with E-state index in [9.17, 15) is 30.3 Å². The Balaban J connectivity index is 1.25. The lowest BCUT2D eigenvalue weighted by molar-refractivity contribution is -0.335. The number of carbonyl (C=O) groups is 1. The molecular formula is C34H58O11. The number of carboxylic acids is 1. The van der Waals surface area contributed by atoms with Gasteiger partial charge >= 0.3 is 5.97 Å². The highest BCUT2D eigenvalue weighted by Crippen LogP contribution is 2.54. The molecular weight excluding hydrogens is 584 g/mol. The molecule has 1 spiro atoms. The fraction of sp³-hybridized carbons (Fsp3) is 0.971. The van der Waals surface area contributed by atoms with Crippen LogP contribution >= 0.6 is 0 Å². The molecule has 0 amide bonds. The summed E-state index contributed by atoms with van der Waals surface area (Å²) in [5.74, 6) is -5.31. The largest absolute Gasteiger partial charge is 0.481 e. The van der Waals surface area contributed by atoms with Crippen molar-refractivity contribution >= 4 is 5.97 Å². The third-order valence-corrected chi connectivity index (χ3v) is 12.4. The van der Waals surface area contributed by atoms with Gasteiger partial charge in [0.1, 0.15) is 0 Å². The van der Waals surface area contributed by atoms with E-state index in [0.717, 1.165) is 25.7 Å². The second-order valence-electron chi connectivity index (χ2n) is 16.0. The van der Waals surface area contributed by atoms with Gasteiger partial charge in [-0.2, -0.15) is 0 Å². The van der Waals surface area contributed by atoms with Crippen molar-refractivity contribution in [2.75, 3.05) is 6.61 Å². The molecule has 5 N–H and O–H groups in total. The molecule has 0 saturated carbocycles. The molecule has 11 heteroatoms. The van der Waals surface area contributed by atoms with Gasteiger partial charge in [-0.1, -0.05) is 34.6 Å². The zero-order valence-corrected chi connectivity index (χ0v) is 28.3. The van der Waals surface area contributed by atoms with Crippen LogP contribution in [0.15, 0.2) is 0 Å². The minimum Gasteiger partial charge on any atom is -0.481 e. The van der Waals surface area contributed by atoms with E-state index in [0.29, 0.717) is 19.3 Å². The number of hydrogen-bond acceptors (Lipinski definition) is 10. The summed E-state index contributed by atoms with van der Waals surface area (Å²) < 4.78 is 33.1. The molecule has 0 radical (unpaired) electrons. The normalized spacial score (nSPS) is 52.6. The maximum Gasteiger partial charge on any atom is 0.308 e. The molecule has 5 aliphatic rings. The van der Waals surface area contributed by atoms with Crippen molar-refractivity contribution in [1.82, 2.24) is 0 Å². The lowest BCUT2D eigenvalue weighted by Gasteiger charge is -2.48. The summed E-state index contributed by atoms with van der Waals surface area (Å²) in [6.07, 6.45) is 1.18. The monoisotopic (exact) mass is 642 g/mol. The lowest BCUT2D eigenvalue weighted by atomic mass is 9.78. The van der Waals surface area contributed by atoms with E-state index in [1.165, 1.54) is 6.92 Å². The van der Waals surface area contributed by atoms with E-state index in [1.807, 2.05) is 20.8 Å². The van der Waals surface area contributed by atoms with E-state index in [2.05, 4.69) is 20.8 Å². The number of aliphatic carboxylic acids is 1. The smallest absolute Gasteiger partial charge is 0.308 e. The number of rotatable bonds is 8. The number of ether oxygens (including phenoxy) is 5. The summed E-state index contributed by atoms with van der Waals surface area (Å²) in [6.45, 7) is 15.0. The number of hydrogen-bond donors (Lipinski definition) is 5. The Hall–Kier alpha value is -0.890.